The lowest BCUT2D eigenvalue weighted by atomic mass is 10.1. The minimum Gasteiger partial charge on any atom is -0.413 e. The molecule has 0 unspecified atom stereocenters. The van der Waals surface area contributed by atoms with E-state index in [-0.39, 0.29) is 17.2 Å². The molecule has 0 spiro atoms. The van der Waals surface area contributed by atoms with Crippen molar-refractivity contribution in [3.8, 4) is 0 Å². The molecule has 0 N–H and O–H groups in total. The average Bonchev–Trinajstić information content (AvgIpc) is 2.26. The Labute approximate surface area is 122 Å². The van der Waals surface area contributed by atoms with Crippen LogP contribution in [-0.4, -0.2) is 26.3 Å². The van der Waals surface area contributed by atoms with Gasteiger partial charge in [0, 0.05) is 16.8 Å². The molecule has 0 aliphatic heterocycles. The largest absolute Gasteiger partial charge is 0.413 e. The first-order valence-electron chi connectivity index (χ1n) is 6.56. The molecule has 110 valence electrons. The molecule has 0 aliphatic carbocycles. The summed E-state index contributed by atoms with van der Waals surface area (Å²) in [5.41, 5.74) is 8.57. The summed E-state index contributed by atoms with van der Waals surface area (Å²) >= 11 is 6.00. The average molecular weight is 304 g/mol. The molecule has 0 radical (unpaired) electrons. The number of hydrogen-bond acceptors (Lipinski definition) is 2. The Balaban J connectivity index is 4.74. The third-order valence-electron chi connectivity index (χ3n) is 3.63. The van der Waals surface area contributed by atoms with Crippen LogP contribution >= 0.6 is 11.6 Å². The number of halogens is 1. The van der Waals surface area contributed by atoms with Gasteiger partial charge in [0.1, 0.15) is 0 Å². The first kappa shape index (κ1) is 18.5. The standard InChI is InChI=1S/C13H26ClN3OSi/c1-7-8-11(16-17-15)9-12(10-14)18-19(5,6)13(2,3)4/h7,11-12H,1,8-10H2,2-6H3/t11-,12+/m0/s1. The monoisotopic (exact) mass is 303 g/mol. The third-order valence-corrected chi connectivity index (χ3v) is 8.51. The fraction of sp³-hybridized carbons (Fsp3) is 0.846. The summed E-state index contributed by atoms with van der Waals surface area (Å²) in [5.74, 6) is 0.418. The van der Waals surface area contributed by atoms with Crippen molar-refractivity contribution in [3.05, 3.63) is 23.1 Å². The molecule has 6 heteroatoms. The number of alkyl halides is 1. The molecule has 0 fully saturated rings. The molecular formula is C13H26ClN3OSi. The van der Waals surface area contributed by atoms with Gasteiger partial charge in [0.25, 0.3) is 0 Å². The van der Waals surface area contributed by atoms with E-state index >= 15 is 0 Å². The Hall–Kier alpha value is -0.483. The van der Waals surface area contributed by atoms with Crippen LogP contribution in [0.25, 0.3) is 10.4 Å². The Kier molecular flexibility index (Phi) is 7.75. The normalized spacial score (nSPS) is 15.5. The molecule has 0 heterocycles. The van der Waals surface area contributed by atoms with E-state index in [0.717, 1.165) is 0 Å². The second-order valence-electron chi connectivity index (χ2n) is 6.27. The molecule has 0 aromatic rings. The van der Waals surface area contributed by atoms with E-state index < -0.39 is 8.32 Å². The van der Waals surface area contributed by atoms with Crippen LogP contribution in [0.4, 0.5) is 0 Å². The van der Waals surface area contributed by atoms with Crippen molar-refractivity contribution in [3.63, 3.8) is 0 Å². The Morgan fingerprint density at radius 1 is 1.47 bits per heavy atom. The van der Waals surface area contributed by atoms with E-state index in [0.29, 0.717) is 18.7 Å². The molecule has 19 heavy (non-hydrogen) atoms. The molecule has 0 aliphatic rings. The fourth-order valence-corrected chi connectivity index (χ4v) is 3.16. The lowest BCUT2D eigenvalue weighted by Gasteiger charge is -2.39. The zero-order valence-electron chi connectivity index (χ0n) is 12.7. The third kappa shape index (κ3) is 6.48. The lowest BCUT2D eigenvalue weighted by molar-refractivity contribution is 0.183. The SMILES string of the molecule is C=CC[C@@H](C[C@H](CCl)O[Si](C)(C)C(C)(C)C)N=[N+]=[N-]. The fourth-order valence-electron chi connectivity index (χ4n) is 1.50. The van der Waals surface area contributed by atoms with E-state index in [2.05, 4.69) is 50.5 Å². The van der Waals surface area contributed by atoms with Gasteiger partial charge in [0.05, 0.1) is 6.10 Å². The van der Waals surface area contributed by atoms with Gasteiger partial charge in [-0.3, -0.25) is 0 Å². The number of rotatable bonds is 8. The highest BCUT2D eigenvalue weighted by Gasteiger charge is 2.39. The highest BCUT2D eigenvalue weighted by Crippen LogP contribution is 2.38. The maximum atomic E-state index is 8.57. The van der Waals surface area contributed by atoms with Gasteiger partial charge >= 0.3 is 0 Å². The van der Waals surface area contributed by atoms with Crippen LogP contribution in [0.5, 0.6) is 0 Å². The summed E-state index contributed by atoms with van der Waals surface area (Å²) in [7, 11) is -1.85. The highest BCUT2D eigenvalue weighted by molar-refractivity contribution is 6.74. The maximum absolute atomic E-state index is 8.57. The van der Waals surface area contributed by atoms with Gasteiger partial charge in [-0.15, -0.1) is 18.2 Å². The smallest absolute Gasteiger partial charge is 0.192 e. The van der Waals surface area contributed by atoms with Crippen molar-refractivity contribution in [1.82, 2.24) is 0 Å². The zero-order chi connectivity index (χ0) is 15.1. The second-order valence-corrected chi connectivity index (χ2v) is 11.3. The number of azide groups is 1. The van der Waals surface area contributed by atoms with Crippen molar-refractivity contribution in [1.29, 1.82) is 0 Å². The first-order valence-corrected chi connectivity index (χ1v) is 10.0. The van der Waals surface area contributed by atoms with Crippen molar-refractivity contribution in [2.75, 3.05) is 5.88 Å². The van der Waals surface area contributed by atoms with E-state index in [1.807, 2.05) is 0 Å². The van der Waals surface area contributed by atoms with Gasteiger partial charge < -0.3 is 4.43 Å². The van der Waals surface area contributed by atoms with Crippen molar-refractivity contribution in [2.45, 2.75) is 63.9 Å². The van der Waals surface area contributed by atoms with Gasteiger partial charge in [-0.1, -0.05) is 32.0 Å². The molecular weight excluding hydrogens is 278 g/mol. The van der Waals surface area contributed by atoms with Gasteiger partial charge in [-0.25, -0.2) is 0 Å². The van der Waals surface area contributed by atoms with Crippen LogP contribution in [0.3, 0.4) is 0 Å². The summed E-state index contributed by atoms with van der Waals surface area (Å²) < 4.78 is 6.26. The molecule has 0 saturated heterocycles. The highest BCUT2D eigenvalue weighted by atomic mass is 35.5. The predicted octanol–water partition coefficient (Wildman–Crippen LogP) is 5.26. The minimum absolute atomic E-state index is 0.0713. The minimum atomic E-state index is -1.85. The predicted molar refractivity (Wildman–Crippen MR) is 85.2 cm³/mol. The maximum Gasteiger partial charge on any atom is 0.192 e. The molecule has 0 aromatic heterocycles. The van der Waals surface area contributed by atoms with Crippen LogP contribution in [0.1, 0.15) is 33.6 Å². The number of hydrogen-bond donors (Lipinski definition) is 0. The van der Waals surface area contributed by atoms with Crippen molar-refractivity contribution >= 4 is 19.9 Å². The van der Waals surface area contributed by atoms with Gasteiger partial charge in [-0.2, -0.15) is 0 Å². The molecule has 4 nitrogen and oxygen atoms in total. The first-order chi connectivity index (χ1) is 8.67. The molecule has 0 saturated carbocycles. The summed E-state index contributed by atoms with van der Waals surface area (Å²) in [4.78, 5) is 2.88. The number of nitrogens with zero attached hydrogens (tertiary/aromatic N) is 3. The van der Waals surface area contributed by atoms with Crippen LogP contribution in [0, 0.1) is 0 Å². The van der Waals surface area contributed by atoms with Crippen LogP contribution in [0.2, 0.25) is 18.1 Å². The molecule has 2 atom stereocenters. The lowest BCUT2D eigenvalue weighted by Crippen LogP contribution is -2.45. The second kappa shape index (κ2) is 7.95. The summed E-state index contributed by atoms with van der Waals surface area (Å²) in [5, 5.41) is 3.92. The van der Waals surface area contributed by atoms with E-state index in [1.165, 1.54) is 0 Å². The summed E-state index contributed by atoms with van der Waals surface area (Å²) in [6.07, 6.45) is 2.99. The molecule has 0 aromatic carbocycles. The van der Waals surface area contributed by atoms with Gasteiger partial charge in [0.2, 0.25) is 0 Å². The topological polar surface area (TPSA) is 58.0 Å². The van der Waals surface area contributed by atoms with E-state index in [4.69, 9.17) is 21.6 Å². The summed E-state index contributed by atoms with van der Waals surface area (Å²) in [6.45, 7) is 14.7. The Bertz CT molecular complexity index is 335. The quantitative estimate of drug-likeness (QED) is 0.151. The van der Waals surface area contributed by atoms with Crippen molar-refractivity contribution < 1.29 is 4.43 Å². The Morgan fingerprint density at radius 2 is 2.05 bits per heavy atom. The molecule has 0 amide bonds. The zero-order valence-corrected chi connectivity index (χ0v) is 14.4. The summed E-state index contributed by atoms with van der Waals surface area (Å²) in [6, 6.07) is -0.129. The van der Waals surface area contributed by atoms with Gasteiger partial charge in [-0.05, 0) is 36.5 Å². The molecule has 0 rings (SSSR count). The van der Waals surface area contributed by atoms with Crippen LogP contribution < -0.4 is 0 Å². The Morgan fingerprint density at radius 3 is 2.42 bits per heavy atom. The van der Waals surface area contributed by atoms with E-state index in [1.54, 1.807) is 6.08 Å². The molecule has 0 bridgehead atoms. The van der Waals surface area contributed by atoms with E-state index in [9.17, 15) is 0 Å². The van der Waals surface area contributed by atoms with Crippen molar-refractivity contribution in [2.24, 2.45) is 5.11 Å². The van der Waals surface area contributed by atoms with Gasteiger partial charge in [0.15, 0.2) is 8.32 Å². The van der Waals surface area contributed by atoms with Crippen LogP contribution in [0.15, 0.2) is 17.8 Å². The van der Waals surface area contributed by atoms with Crippen LogP contribution in [-0.2, 0) is 4.43 Å².